The standard InChI is InChI=1S/C20H25NO4S/c1-15(2)13-21-20(22)16(3)26(23,24)14-17-9-7-8-12-19(17)25-18-10-5-4-6-11-18/h4-12,15-16H,13-14H2,1-3H3,(H,21,22)/t16-/m0/s1. The summed E-state index contributed by atoms with van der Waals surface area (Å²) in [6.45, 7) is 5.78. The van der Waals surface area contributed by atoms with Gasteiger partial charge in [0.05, 0.1) is 5.75 Å². The first-order chi connectivity index (χ1) is 12.3. The van der Waals surface area contributed by atoms with E-state index >= 15 is 0 Å². The van der Waals surface area contributed by atoms with Gasteiger partial charge in [0.25, 0.3) is 0 Å². The Kier molecular flexibility index (Phi) is 6.80. The number of ether oxygens (including phenoxy) is 1. The number of carbonyl (C=O) groups is 1. The normalized spacial score (nSPS) is 12.6. The van der Waals surface area contributed by atoms with Gasteiger partial charge in [-0.15, -0.1) is 0 Å². The summed E-state index contributed by atoms with van der Waals surface area (Å²) < 4.78 is 31.2. The molecule has 6 heteroatoms. The van der Waals surface area contributed by atoms with E-state index in [4.69, 9.17) is 4.74 Å². The molecular formula is C20H25NO4S. The SMILES string of the molecule is CC(C)CNC(=O)[C@H](C)S(=O)(=O)Cc1ccccc1Oc1ccccc1. The lowest BCUT2D eigenvalue weighted by molar-refractivity contribution is -0.120. The van der Waals surface area contributed by atoms with Gasteiger partial charge in [-0.3, -0.25) is 4.79 Å². The topological polar surface area (TPSA) is 72.5 Å². The molecule has 0 aromatic heterocycles. The lowest BCUT2D eigenvalue weighted by Crippen LogP contribution is -2.39. The van der Waals surface area contributed by atoms with Crippen LogP contribution < -0.4 is 10.1 Å². The molecule has 0 fully saturated rings. The lowest BCUT2D eigenvalue weighted by Gasteiger charge is -2.16. The van der Waals surface area contributed by atoms with Gasteiger partial charge in [-0.1, -0.05) is 50.2 Å². The van der Waals surface area contributed by atoms with E-state index in [-0.39, 0.29) is 11.7 Å². The van der Waals surface area contributed by atoms with Crippen molar-refractivity contribution in [1.82, 2.24) is 5.32 Å². The van der Waals surface area contributed by atoms with Gasteiger partial charge in [-0.05, 0) is 31.0 Å². The molecule has 1 N–H and O–H groups in total. The van der Waals surface area contributed by atoms with Crippen molar-refractivity contribution in [2.75, 3.05) is 6.54 Å². The van der Waals surface area contributed by atoms with E-state index in [1.165, 1.54) is 6.92 Å². The highest BCUT2D eigenvalue weighted by atomic mass is 32.2. The predicted molar refractivity (Wildman–Crippen MR) is 103 cm³/mol. The van der Waals surface area contributed by atoms with Crippen LogP contribution in [0.5, 0.6) is 11.5 Å². The van der Waals surface area contributed by atoms with Crippen molar-refractivity contribution < 1.29 is 17.9 Å². The van der Waals surface area contributed by atoms with E-state index < -0.39 is 21.0 Å². The van der Waals surface area contributed by atoms with E-state index in [0.717, 1.165) is 0 Å². The van der Waals surface area contributed by atoms with Gasteiger partial charge in [-0.2, -0.15) is 0 Å². The Morgan fingerprint density at radius 3 is 2.27 bits per heavy atom. The minimum Gasteiger partial charge on any atom is -0.457 e. The van der Waals surface area contributed by atoms with Crippen molar-refractivity contribution >= 4 is 15.7 Å². The van der Waals surface area contributed by atoms with E-state index in [9.17, 15) is 13.2 Å². The Labute approximate surface area is 155 Å². The minimum absolute atomic E-state index is 0.258. The summed E-state index contributed by atoms with van der Waals surface area (Å²) in [5.74, 6) is 0.623. The number of benzene rings is 2. The number of sulfone groups is 1. The fourth-order valence-electron chi connectivity index (χ4n) is 2.29. The molecule has 0 spiro atoms. The monoisotopic (exact) mass is 375 g/mol. The molecular weight excluding hydrogens is 350 g/mol. The van der Waals surface area contributed by atoms with Gasteiger partial charge in [0.15, 0.2) is 9.84 Å². The summed E-state index contributed by atoms with van der Waals surface area (Å²) in [6.07, 6.45) is 0. The molecule has 5 nitrogen and oxygen atoms in total. The fourth-order valence-corrected chi connectivity index (χ4v) is 3.62. The molecule has 1 amide bonds. The van der Waals surface area contributed by atoms with Crippen LogP contribution in [0.2, 0.25) is 0 Å². The summed E-state index contributed by atoms with van der Waals surface area (Å²) in [6, 6.07) is 16.1. The summed E-state index contributed by atoms with van der Waals surface area (Å²) in [5, 5.41) is 1.56. The van der Waals surface area contributed by atoms with Crippen LogP contribution in [0.1, 0.15) is 26.3 Å². The molecule has 0 radical (unpaired) electrons. The first-order valence-corrected chi connectivity index (χ1v) is 10.3. The van der Waals surface area contributed by atoms with Gasteiger partial charge in [0.2, 0.25) is 5.91 Å². The number of hydrogen-bond donors (Lipinski definition) is 1. The number of hydrogen-bond acceptors (Lipinski definition) is 4. The number of para-hydroxylation sites is 2. The molecule has 0 saturated carbocycles. The highest BCUT2D eigenvalue weighted by Gasteiger charge is 2.29. The summed E-state index contributed by atoms with van der Waals surface area (Å²) >= 11 is 0. The third-order valence-corrected chi connectivity index (χ3v) is 5.90. The number of rotatable bonds is 8. The second-order valence-electron chi connectivity index (χ2n) is 6.61. The van der Waals surface area contributed by atoms with Crippen LogP contribution in [-0.4, -0.2) is 26.1 Å². The smallest absolute Gasteiger partial charge is 0.238 e. The highest BCUT2D eigenvalue weighted by molar-refractivity contribution is 7.92. The second-order valence-corrected chi connectivity index (χ2v) is 8.93. The van der Waals surface area contributed by atoms with E-state index in [0.29, 0.717) is 23.6 Å². The van der Waals surface area contributed by atoms with Gasteiger partial charge < -0.3 is 10.1 Å². The average Bonchev–Trinajstić information content (AvgIpc) is 2.61. The molecule has 2 aromatic carbocycles. The van der Waals surface area contributed by atoms with Gasteiger partial charge in [0, 0.05) is 12.1 Å². The van der Waals surface area contributed by atoms with Crippen molar-refractivity contribution in [3.63, 3.8) is 0 Å². The first-order valence-electron chi connectivity index (χ1n) is 8.59. The molecule has 0 bridgehead atoms. The molecule has 0 aliphatic carbocycles. The number of amides is 1. The van der Waals surface area contributed by atoms with Gasteiger partial charge in [-0.25, -0.2) is 8.42 Å². The third-order valence-electron chi connectivity index (χ3n) is 3.89. The van der Waals surface area contributed by atoms with E-state index in [1.54, 1.807) is 36.4 Å². The Balaban J connectivity index is 2.15. The zero-order valence-corrected chi connectivity index (χ0v) is 16.1. The van der Waals surface area contributed by atoms with Crippen molar-refractivity contribution in [1.29, 1.82) is 0 Å². The molecule has 0 aliphatic rings. The summed E-state index contributed by atoms with van der Waals surface area (Å²) in [5.41, 5.74) is 0.528. The third kappa shape index (κ3) is 5.59. The lowest BCUT2D eigenvalue weighted by atomic mass is 10.2. The molecule has 140 valence electrons. The molecule has 0 heterocycles. The maximum atomic E-state index is 12.7. The van der Waals surface area contributed by atoms with Crippen molar-refractivity contribution in [2.45, 2.75) is 31.8 Å². The quantitative estimate of drug-likeness (QED) is 0.766. The Morgan fingerprint density at radius 1 is 1.00 bits per heavy atom. The molecule has 0 aliphatic heterocycles. The van der Waals surface area contributed by atoms with Crippen molar-refractivity contribution in [2.24, 2.45) is 5.92 Å². The van der Waals surface area contributed by atoms with Crippen LogP contribution in [0.3, 0.4) is 0 Å². The minimum atomic E-state index is -3.67. The van der Waals surface area contributed by atoms with Gasteiger partial charge >= 0.3 is 0 Å². The average molecular weight is 375 g/mol. The molecule has 1 atom stereocenters. The molecule has 0 saturated heterocycles. The first kappa shape index (κ1) is 20.0. The van der Waals surface area contributed by atoms with Crippen LogP contribution in [0.15, 0.2) is 54.6 Å². The fraction of sp³-hybridized carbons (Fsp3) is 0.350. The van der Waals surface area contributed by atoms with Crippen molar-refractivity contribution in [3.05, 3.63) is 60.2 Å². The molecule has 0 unspecified atom stereocenters. The predicted octanol–water partition coefficient (Wildman–Crippen LogP) is 3.55. The summed E-state index contributed by atoms with van der Waals surface area (Å²) in [7, 11) is -3.67. The van der Waals surface area contributed by atoms with Crippen LogP contribution >= 0.6 is 0 Å². The Morgan fingerprint density at radius 2 is 1.62 bits per heavy atom. The molecule has 2 aromatic rings. The summed E-state index contributed by atoms with van der Waals surface area (Å²) in [4.78, 5) is 12.1. The van der Waals surface area contributed by atoms with E-state index in [2.05, 4.69) is 5.32 Å². The highest BCUT2D eigenvalue weighted by Crippen LogP contribution is 2.27. The van der Waals surface area contributed by atoms with Crippen molar-refractivity contribution in [3.8, 4) is 11.5 Å². The largest absolute Gasteiger partial charge is 0.457 e. The second kappa shape index (κ2) is 8.85. The Hall–Kier alpha value is -2.34. The molecule has 26 heavy (non-hydrogen) atoms. The van der Waals surface area contributed by atoms with Crippen LogP contribution in [0.4, 0.5) is 0 Å². The molecule has 2 rings (SSSR count). The zero-order valence-electron chi connectivity index (χ0n) is 15.3. The van der Waals surface area contributed by atoms with Crippen LogP contribution in [0, 0.1) is 5.92 Å². The maximum Gasteiger partial charge on any atom is 0.238 e. The van der Waals surface area contributed by atoms with Crippen LogP contribution in [0.25, 0.3) is 0 Å². The Bertz CT molecular complexity index is 832. The number of nitrogens with one attached hydrogen (secondary N) is 1. The van der Waals surface area contributed by atoms with E-state index in [1.807, 2.05) is 32.0 Å². The van der Waals surface area contributed by atoms with Crippen LogP contribution in [-0.2, 0) is 20.4 Å². The maximum absolute atomic E-state index is 12.7. The number of carbonyl (C=O) groups excluding carboxylic acids is 1. The van der Waals surface area contributed by atoms with Gasteiger partial charge in [0.1, 0.15) is 16.7 Å². The zero-order chi connectivity index (χ0) is 19.2.